The Morgan fingerprint density at radius 2 is 1.84 bits per heavy atom. The second-order valence-corrected chi connectivity index (χ2v) is 10.2. The smallest absolute Gasteiger partial charge is 0.407 e. The van der Waals surface area contributed by atoms with Crippen molar-refractivity contribution in [2.45, 2.75) is 65.6 Å². The highest BCUT2D eigenvalue weighted by Gasteiger charge is 2.18. The molecule has 0 bridgehead atoms. The van der Waals surface area contributed by atoms with Crippen LogP contribution in [0.1, 0.15) is 53.0 Å². The Bertz CT molecular complexity index is 1090. The zero-order valence-corrected chi connectivity index (χ0v) is 23.3. The Balaban J connectivity index is 1.90. The zero-order chi connectivity index (χ0) is 28.1. The van der Waals surface area contributed by atoms with Crippen LogP contribution in [0, 0.1) is 5.82 Å². The van der Waals surface area contributed by atoms with Crippen molar-refractivity contribution in [2.24, 2.45) is 0 Å². The van der Waals surface area contributed by atoms with Gasteiger partial charge in [-0.15, -0.1) is 0 Å². The molecular formula is C27H38ClFN6O3. The summed E-state index contributed by atoms with van der Waals surface area (Å²) in [4.78, 5) is 28.9. The number of alkyl carbamates (subject to hydrolysis) is 1. The van der Waals surface area contributed by atoms with Gasteiger partial charge in [0.1, 0.15) is 17.1 Å². The lowest BCUT2D eigenvalue weighted by Gasteiger charge is -2.22. The molecule has 0 fully saturated rings. The Kier molecular flexibility index (Phi) is 12.3. The predicted molar refractivity (Wildman–Crippen MR) is 148 cm³/mol. The van der Waals surface area contributed by atoms with Gasteiger partial charge in [0, 0.05) is 41.4 Å². The fourth-order valence-corrected chi connectivity index (χ4v) is 3.54. The van der Waals surface area contributed by atoms with Gasteiger partial charge >= 0.3 is 6.09 Å². The van der Waals surface area contributed by atoms with E-state index in [1.54, 1.807) is 31.5 Å². The molecule has 2 rings (SSSR count). The lowest BCUT2D eigenvalue weighted by Crippen LogP contribution is -2.38. The summed E-state index contributed by atoms with van der Waals surface area (Å²) in [5, 5.41) is 15.6. The first-order valence-corrected chi connectivity index (χ1v) is 12.9. The molecule has 5 N–H and O–H groups in total. The minimum atomic E-state index is -0.533. The molecule has 38 heavy (non-hydrogen) atoms. The Hall–Kier alpha value is -3.37. The van der Waals surface area contributed by atoms with E-state index in [-0.39, 0.29) is 18.5 Å². The van der Waals surface area contributed by atoms with Crippen molar-refractivity contribution in [1.29, 1.82) is 0 Å². The number of nitrogens with zero attached hydrogens (tertiary/aromatic N) is 1. The van der Waals surface area contributed by atoms with Crippen LogP contribution in [0.2, 0.25) is 5.02 Å². The summed E-state index contributed by atoms with van der Waals surface area (Å²) in [7, 11) is 0. The van der Waals surface area contributed by atoms with Crippen molar-refractivity contribution in [3.63, 3.8) is 0 Å². The molecule has 0 aliphatic rings. The minimum absolute atomic E-state index is 0.0245. The molecule has 9 nitrogen and oxygen atoms in total. The Morgan fingerprint density at radius 3 is 2.53 bits per heavy atom. The van der Waals surface area contributed by atoms with Crippen LogP contribution in [0.25, 0.3) is 0 Å². The number of rotatable bonds is 13. The molecule has 0 aliphatic carbocycles. The SMILES string of the molecule is C/C(NCNCCCC(C)NC(=O)OC(C)(C)C)=C(/NCc1cc(F)ccc1Cl)C(=O)Nc1ccncc1. The predicted octanol–water partition coefficient (Wildman–Crippen LogP) is 4.66. The first kappa shape index (κ1) is 30.9. The highest BCUT2D eigenvalue weighted by molar-refractivity contribution is 6.31. The van der Waals surface area contributed by atoms with E-state index in [1.165, 1.54) is 18.2 Å². The monoisotopic (exact) mass is 548 g/mol. The molecule has 2 amide bonds. The summed E-state index contributed by atoms with van der Waals surface area (Å²) >= 11 is 6.19. The van der Waals surface area contributed by atoms with Gasteiger partial charge in [-0.1, -0.05) is 11.6 Å². The fraction of sp³-hybridized carbons (Fsp3) is 0.444. The van der Waals surface area contributed by atoms with Crippen LogP contribution in [0.4, 0.5) is 14.9 Å². The van der Waals surface area contributed by atoms with Gasteiger partial charge < -0.3 is 31.3 Å². The first-order chi connectivity index (χ1) is 17.9. The molecule has 11 heteroatoms. The van der Waals surface area contributed by atoms with Crippen LogP contribution in [0.3, 0.4) is 0 Å². The van der Waals surface area contributed by atoms with E-state index in [0.29, 0.717) is 40.9 Å². The summed E-state index contributed by atoms with van der Waals surface area (Å²) in [6.07, 6.45) is 4.34. The van der Waals surface area contributed by atoms with Gasteiger partial charge in [0.2, 0.25) is 0 Å². The van der Waals surface area contributed by atoms with Crippen LogP contribution < -0.4 is 26.6 Å². The van der Waals surface area contributed by atoms with E-state index >= 15 is 0 Å². The molecule has 208 valence electrons. The standard InChI is InChI=1S/C27H38ClFN6O3/c1-18(34-26(37)38-27(3,4)5)7-6-12-31-17-33-19(2)24(25(36)35-22-10-13-30-14-11-22)32-16-20-15-21(29)8-9-23(20)28/h8-11,13-15,18,31-33H,6-7,12,16-17H2,1-5H3,(H,34,37)(H,30,35,36)/b24-19-. The van der Waals surface area contributed by atoms with E-state index in [1.807, 2.05) is 27.7 Å². The topological polar surface area (TPSA) is 116 Å². The lowest BCUT2D eigenvalue weighted by molar-refractivity contribution is -0.113. The van der Waals surface area contributed by atoms with Gasteiger partial charge in [-0.2, -0.15) is 0 Å². The average Bonchev–Trinajstić information content (AvgIpc) is 2.82. The molecule has 1 aromatic carbocycles. The van der Waals surface area contributed by atoms with Gasteiger partial charge in [0.05, 0.1) is 6.67 Å². The van der Waals surface area contributed by atoms with E-state index < -0.39 is 17.5 Å². The Labute approximate surface area is 229 Å². The maximum absolute atomic E-state index is 13.7. The lowest BCUT2D eigenvalue weighted by atomic mass is 10.2. The highest BCUT2D eigenvalue weighted by atomic mass is 35.5. The van der Waals surface area contributed by atoms with E-state index in [4.69, 9.17) is 16.3 Å². The number of pyridine rings is 1. The van der Waals surface area contributed by atoms with Crippen molar-refractivity contribution >= 4 is 29.3 Å². The number of hydrogen-bond donors (Lipinski definition) is 5. The van der Waals surface area contributed by atoms with Gasteiger partial charge in [0.25, 0.3) is 5.91 Å². The van der Waals surface area contributed by atoms with E-state index in [9.17, 15) is 14.0 Å². The molecule has 1 unspecified atom stereocenters. The number of benzene rings is 1. The molecule has 0 saturated carbocycles. The second kappa shape index (κ2) is 15.1. The number of nitrogens with one attached hydrogen (secondary N) is 5. The summed E-state index contributed by atoms with van der Waals surface area (Å²) in [6.45, 7) is 10.4. The second-order valence-electron chi connectivity index (χ2n) is 9.82. The number of carbonyl (C=O) groups excluding carboxylic acids is 2. The summed E-state index contributed by atoms with van der Waals surface area (Å²) in [5.74, 6) is -0.775. The maximum atomic E-state index is 13.7. The highest BCUT2D eigenvalue weighted by Crippen LogP contribution is 2.18. The summed E-state index contributed by atoms with van der Waals surface area (Å²) in [6, 6.07) is 7.43. The number of carbonyl (C=O) groups is 2. The molecule has 1 atom stereocenters. The van der Waals surface area contributed by atoms with Crippen molar-refractivity contribution in [3.05, 3.63) is 70.5 Å². The molecule has 0 saturated heterocycles. The number of hydrogen-bond acceptors (Lipinski definition) is 7. The van der Waals surface area contributed by atoms with Crippen molar-refractivity contribution in [2.75, 3.05) is 18.5 Å². The van der Waals surface area contributed by atoms with Crippen LogP contribution in [-0.4, -0.2) is 41.8 Å². The van der Waals surface area contributed by atoms with Crippen LogP contribution in [0.5, 0.6) is 0 Å². The number of aromatic nitrogens is 1. The normalized spacial score (nSPS) is 12.7. The fourth-order valence-electron chi connectivity index (χ4n) is 3.36. The van der Waals surface area contributed by atoms with Crippen molar-refractivity contribution in [1.82, 2.24) is 26.3 Å². The third-order valence-corrected chi connectivity index (χ3v) is 5.60. The zero-order valence-electron chi connectivity index (χ0n) is 22.6. The van der Waals surface area contributed by atoms with Gasteiger partial charge in [-0.05, 0) is 89.9 Å². The van der Waals surface area contributed by atoms with Crippen molar-refractivity contribution < 1.29 is 18.7 Å². The molecule has 0 aliphatic heterocycles. The average molecular weight is 549 g/mol. The molecule has 0 radical (unpaired) electrons. The minimum Gasteiger partial charge on any atom is -0.444 e. The van der Waals surface area contributed by atoms with Gasteiger partial charge in [-0.25, -0.2) is 9.18 Å². The number of amides is 2. The van der Waals surface area contributed by atoms with Gasteiger partial charge in [-0.3, -0.25) is 9.78 Å². The summed E-state index contributed by atoms with van der Waals surface area (Å²) in [5.41, 5.74) is 1.47. The molecule has 2 aromatic rings. The van der Waals surface area contributed by atoms with Crippen molar-refractivity contribution in [3.8, 4) is 0 Å². The molecule has 1 aromatic heterocycles. The molecule has 0 spiro atoms. The summed E-state index contributed by atoms with van der Waals surface area (Å²) < 4.78 is 19.0. The van der Waals surface area contributed by atoms with Crippen LogP contribution >= 0.6 is 11.6 Å². The number of halogens is 2. The molecular weight excluding hydrogens is 511 g/mol. The van der Waals surface area contributed by atoms with Crippen LogP contribution in [0.15, 0.2) is 54.1 Å². The quantitative estimate of drug-likeness (QED) is 0.140. The number of ether oxygens (including phenoxy) is 1. The largest absolute Gasteiger partial charge is 0.444 e. The Morgan fingerprint density at radius 1 is 1.13 bits per heavy atom. The third-order valence-electron chi connectivity index (χ3n) is 5.24. The van der Waals surface area contributed by atoms with E-state index in [2.05, 4.69) is 31.6 Å². The first-order valence-electron chi connectivity index (χ1n) is 12.5. The molecule has 1 heterocycles. The third kappa shape index (κ3) is 11.8. The maximum Gasteiger partial charge on any atom is 0.407 e. The van der Waals surface area contributed by atoms with E-state index in [0.717, 1.165) is 12.8 Å². The number of allylic oxidation sites excluding steroid dienone is 1. The number of anilines is 1. The van der Waals surface area contributed by atoms with Crippen LogP contribution in [-0.2, 0) is 16.1 Å². The van der Waals surface area contributed by atoms with Gasteiger partial charge in [0.15, 0.2) is 0 Å².